The van der Waals surface area contributed by atoms with Gasteiger partial charge in [0.1, 0.15) is 18.0 Å². The number of amides is 2. The first-order valence-electron chi connectivity index (χ1n) is 11.6. The number of urea groups is 1. The molecule has 0 unspecified atom stereocenters. The fourth-order valence-corrected chi connectivity index (χ4v) is 4.44. The van der Waals surface area contributed by atoms with Crippen LogP contribution in [0, 0.1) is 0 Å². The summed E-state index contributed by atoms with van der Waals surface area (Å²) >= 11 is 1.34. The summed E-state index contributed by atoms with van der Waals surface area (Å²) in [6.45, 7) is 5.88. The molecule has 0 spiro atoms. The monoisotopic (exact) mass is 523 g/mol. The van der Waals surface area contributed by atoms with Crippen molar-refractivity contribution in [1.29, 1.82) is 0 Å². The van der Waals surface area contributed by atoms with Crippen LogP contribution in [0.5, 0.6) is 17.2 Å². The Morgan fingerprint density at radius 3 is 2.43 bits per heavy atom. The number of ether oxygens (including phenoxy) is 3. The molecule has 4 aromatic rings. The van der Waals surface area contributed by atoms with E-state index in [-0.39, 0.29) is 12.6 Å². The van der Waals surface area contributed by atoms with Crippen molar-refractivity contribution >= 4 is 32.7 Å². The minimum absolute atomic E-state index is 0.268. The molecule has 0 atom stereocenters. The van der Waals surface area contributed by atoms with E-state index in [4.69, 9.17) is 14.2 Å². The van der Waals surface area contributed by atoms with Gasteiger partial charge in [0.2, 0.25) is 0 Å². The lowest BCUT2D eigenvalue weighted by molar-refractivity contribution is 0.0687. The van der Waals surface area contributed by atoms with Crippen molar-refractivity contribution in [2.75, 3.05) is 26.1 Å². The Hall–Kier alpha value is -3.96. The number of carbonyl (C=O) groups is 1. The number of hydrogen-bond acceptors (Lipinski definition) is 9. The third kappa shape index (κ3) is 6.07. The van der Waals surface area contributed by atoms with Crippen LogP contribution in [0.25, 0.3) is 21.3 Å². The predicted octanol–water partition coefficient (Wildman–Crippen LogP) is 4.72. The van der Waals surface area contributed by atoms with Gasteiger partial charge in [0.15, 0.2) is 22.5 Å². The number of thiazole rings is 1. The highest BCUT2D eigenvalue weighted by molar-refractivity contribution is 7.22. The molecule has 0 saturated heterocycles. The molecule has 2 amide bonds. The first-order chi connectivity index (χ1) is 17.7. The highest BCUT2D eigenvalue weighted by Crippen LogP contribution is 2.38. The zero-order chi connectivity index (χ0) is 26.6. The molecule has 11 heteroatoms. The standard InChI is InChI=1S/C26H29N5O5S/c1-6-27-24(32)31-25-30-18-10-17(16-12-28-23(29-13-16)26(2,3)33)20(11-22(18)37-25)36-14-15-7-8-19(34-4)21(9-15)35-5/h7-13,33H,6,14H2,1-5H3,(H2,27,30,31,32). The van der Waals surface area contributed by atoms with Crippen LogP contribution in [0.3, 0.4) is 0 Å². The van der Waals surface area contributed by atoms with Crippen molar-refractivity contribution in [2.24, 2.45) is 0 Å². The number of aromatic nitrogens is 3. The number of rotatable bonds is 9. The number of carbonyl (C=O) groups excluding carboxylic acids is 1. The maximum Gasteiger partial charge on any atom is 0.321 e. The van der Waals surface area contributed by atoms with Crippen LogP contribution in [0.4, 0.5) is 9.93 Å². The molecule has 0 saturated carbocycles. The normalized spacial score (nSPS) is 11.3. The third-order valence-corrected chi connectivity index (χ3v) is 6.33. The summed E-state index contributed by atoms with van der Waals surface area (Å²) in [6.07, 6.45) is 3.29. The number of fused-ring (bicyclic) bond motifs is 1. The quantitative estimate of drug-likeness (QED) is 0.288. The SMILES string of the molecule is CCNC(=O)Nc1nc2cc(-c3cnc(C(C)(C)O)nc3)c(OCc3ccc(OC)c(OC)c3)cc2s1. The molecule has 37 heavy (non-hydrogen) atoms. The van der Waals surface area contributed by atoms with Gasteiger partial charge in [0.05, 0.1) is 24.4 Å². The molecule has 2 aromatic carbocycles. The summed E-state index contributed by atoms with van der Waals surface area (Å²) in [4.78, 5) is 25.2. The predicted molar refractivity (Wildman–Crippen MR) is 142 cm³/mol. The highest BCUT2D eigenvalue weighted by Gasteiger charge is 2.20. The first kappa shape index (κ1) is 26.1. The lowest BCUT2D eigenvalue weighted by Gasteiger charge is -2.16. The highest BCUT2D eigenvalue weighted by atomic mass is 32.1. The summed E-state index contributed by atoms with van der Waals surface area (Å²) in [7, 11) is 3.17. The van der Waals surface area contributed by atoms with E-state index in [0.717, 1.165) is 15.8 Å². The maximum atomic E-state index is 12.0. The van der Waals surface area contributed by atoms with Crippen LogP contribution in [-0.4, -0.2) is 46.9 Å². The van der Waals surface area contributed by atoms with E-state index in [1.807, 2.05) is 37.3 Å². The fraction of sp³-hybridized carbons (Fsp3) is 0.308. The van der Waals surface area contributed by atoms with Crippen molar-refractivity contribution in [3.05, 3.63) is 54.1 Å². The molecule has 4 rings (SSSR count). The van der Waals surface area contributed by atoms with Gasteiger partial charge in [-0.3, -0.25) is 5.32 Å². The number of anilines is 1. The largest absolute Gasteiger partial charge is 0.493 e. The lowest BCUT2D eigenvalue weighted by Crippen LogP contribution is -2.28. The second kappa shape index (κ2) is 11.0. The molecule has 194 valence electrons. The minimum atomic E-state index is -1.16. The van der Waals surface area contributed by atoms with Crippen LogP contribution < -0.4 is 24.8 Å². The number of hydrogen-bond donors (Lipinski definition) is 3. The Kier molecular flexibility index (Phi) is 7.74. The molecule has 0 aliphatic carbocycles. The van der Waals surface area contributed by atoms with E-state index >= 15 is 0 Å². The molecular formula is C26H29N5O5S. The number of methoxy groups -OCH3 is 2. The Bertz CT molecular complexity index is 1400. The van der Waals surface area contributed by atoms with Crippen molar-refractivity contribution < 1.29 is 24.1 Å². The Morgan fingerprint density at radius 2 is 1.78 bits per heavy atom. The fourth-order valence-electron chi connectivity index (χ4n) is 3.57. The molecule has 0 bridgehead atoms. The number of nitrogens with zero attached hydrogens (tertiary/aromatic N) is 3. The van der Waals surface area contributed by atoms with Crippen LogP contribution in [0.15, 0.2) is 42.7 Å². The van der Waals surface area contributed by atoms with Crippen molar-refractivity contribution in [2.45, 2.75) is 33.0 Å². The molecule has 2 aromatic heterocycles. The second-order valence-electron chi connectivity index (χ2n) is 8.65. The van der Waals surface area contributed by atoms with Gasteiger partial charge < -0.3 is 24.6 Å². The van der Waals surface area contributed by atoms with Gasteiger partial charge in [-0.1, -0.05) is 17.4 Å². The second-order valence-corrected chi connectivity index (χ2v) is 9.68. The van der Waals surface area contributed by atoms with Crippen LogP contribution in [0.2, 0.25) is 0 Å². The minimum Gasteiger partial charge on any atom is -0.493 e. The molecular weight excluding hydrogens is 494 g/mol. The smallest absolute Gasteiger partial charge is 0.321 e. The Labute approximate surface area is 218 Å². The zero-order valence-electron chi connectivity index (χ0n) is 21.3. The molecule has 10 nitrogen and oxygen atoms in total. The van der Waals surface area contributed by atoms with E-state index in [9.17, 15) is 9.90 Å². The Balaban J connectivity index is 1.71. The van der Waals surface area contributed by atoms with Crippen molar-refractivity contribution in [3.63, 3.8) is 0 Å². The maximum absolute atomic E-state index is 12.0. The van der Waals surface area contributed by atoms with E-state index in [1.165, 1.54) is 11.3 Å². The van der Waals surface area contributed by atoms with Gasteiger partial charge in [-0.25, -0.2) is 19.7 Å². The average molecular weight is 524 g/mol. The van der Waals surface area contributed by atoms with Gasteiger partial charge in [-0.15, -0.1) is 0 Å². The summed E-state index contributed by atoms with van der Waals surface area (Å²) in [6, 6.07) is 9.04. The van der Waals surface area contributed by atoms with Gasteiger partial charge in [-0.05, 0) is 44.5 Å². The summed E-state index contributed by atoms with van der Waals surface area (Å²) < 4.78 is 17.8. The first-order valence-corrected chi connectivity index (χ1v) is 12.4. The van der Waals surface area contributed by atoms with Gasteiger partial charge >= 0.3 is 6.03 Å². The number of nitrogens with one attached hydrogen (secondary N) is 2. The Morgan fingerprint density at radius 1 is 1.05 bits per heavy atom. The van der Waals surface area contributed by atoms with Crippen LogP contribution in [0.1, 0.15) is 32.2 Å². The van der Waals surface area contributed by atoms with Gasteiger partial charge in [-0.2, -0.15) is 0 Å². The number of aliphatic hydroxyl groups is 1. The topological polar surface area (TPSA) is 128 Å². The van der Waals surface area contributed by atoms with E-state index in [2.05, 4.69) is 25.6 Å². The van der Waals surface area contributed by atoms with E-state index in [1.54, 1.807) is 40.5 Å². The average Bonchev–Trinajstić information content (AvgIpc) is 3.27. The summed E-state index contributed by atoms with van der Waals surface area (Å²) in [5, 5.41) is 16.2. The summed E-state index contributed by atoms with van der Waals surface area (Å²) in [5.74, 6) is 2.15. The third-order valence-electron chi connectivity index (χ3n) is 5.40. The van der Waals surface area contributed by atoms with Crippen molar-refractivity contribution in [3.8, 4) is 28.4 Å². The van der Waals surface area contributed by atoms with E-state index in [0.29, 0.717) is 45.8 Å². The summed E-state index contributed by atoms with van der Waals surface area (Å²) in [5.41, 5.74) is 1.84. The van der Waals surface area contributed by atoms with Crippen LogP contribution in [-0.2, 0) is 12.2 Å². The van der Waals surface area contributed by atoms with E-state index < -0.39 is 5.60 Å². The van der Waals surface area contributed by atoms with Gasteiger partial charge in [0.25, 0.3) is 0 Å². The molecule has 3 N–H and O–H groups in total. The zero-order valence-corrected chi connectivity index (χ0v) is 22.1. The molecule has 0 aliphatic rings. The molecule has 0 radical (unpaired) electrons. The lowest BCUT2D eigenvalue weighted by atomic mass is 10.1. The molecule has 0 aliphatic heterocycles. The van der Waals surface area contributed by atoms with Crippen LogP contribution >= 0.6 is 11.3 Å². The van der Waals surface area contributed by atoms with Gasteiger partial charge in [0, 0.05) is 36.1 Å². The van der Waals surface area contributed by atoms with Crippen molar-refractivity contribution in [1.82, 2.24) is 20.3 Å². The molecule has 0 fully saturated rings. The molecule has 2 heterocycles. The number of benzene rings is 2.